The van der Waals surface area contributed by atoms with Crippen molar-refractivity contribution in [2.24, 2.45) is 0 Å². The van der Waals surface area contributed by atoms with Crippen LogP contribution < -0.4 is 10.6 Å². The predicted octanol–water partition coefficient (Wildman–Crippen LogP) is 2.08. The van der Waals surface area contributed by atoms with Gasteiger partial charge in [-0.3, -0.25) is 14.4 Å². The van der Waals surface area contributed by atoms with Crippen LogP contribution in [0.15, 0.2) is 30.3 Å². The summed E-state index contributed by atoms with van der Waals surface area (Å²) in [7, 11) is 0. The molecule has 30 heavy (non-hydrogen) atoms. The van der Waals surface area contributed by atoms with E-state index in [4.69, 9.17) is 14.2 Å². The lowest BCUT2D eigenvalue weighted by atomic mass is 10.1. The zero-order valence-corrected chi connectivity index (χ0v) is 17.9. The molecule has 0 saturated carbocycles. The van der Waals surface area contributed by atoms with Crippen LogP contribution in [0, 0.1) is 0 Å². The smallest absolute Gasteiger partial charge is 0.408 e. The number of benzene rings is 1. The van der Waals surface area contributed by atoms with E-state index in [0.29, 0.717) is 0 Å². The molecule has 1 atom stereocenters. The minimum atomic E-state index is -1.09. The maximum atomic E-state index is 12.4. The molecule has 0 saturated heterocycles. The first-order chi connectivity index (χ1) is 14.1. The van der Waals surface area contributed by atoms with Gasteiger partial charge in [-0.15, -0.1) is 0 Å². The zero-order chi connectivity index (χ0) is 22.6. The highest BCUT2D eigenvalue weighted by Crippen LogP contribution is 2.10. The molecule has 0 bridgehead atoms. The Morgan fingerprint density at radius 3 is 2.27 bits per heavy atom. The van der Waals surface area contributed by atoms with Crippen molar-refractivity contribution in [2.75, 3.05) is 13.2 Å². The number of nitrogens with one attached hydrogen (secondary N) is 2. The van der Waals surface area contributed by atoms with Crippen LogP contribution in [0.1, 0.15) is 46.1 Å². The fourth-order valence-corrected chi connectivity index (χ4v) is 2.33. The standard InChI is InChI=1S/C21H30N2O7/c1-5-28-18(25)13-22-19(26)16(11-12-17(24)30-21(2,3)4)23-20(27)29-14-15-9-7-6-8-10-15/h6-10,16H,5,11-14H2,1-4H3,(H,22,26)(H,23,27)/t16-/m0/s1. The molecule has 166 valence electrons. The van der Waals surface area contributed by atoms with E-state index in [0.717, 1.165) is 5.56 Å². The van der Waals surface area contributed by atoms with Gasteiger partial charge < -0.3 is 24.8 Å². The molecule has 0 aliphatic rings. The topological polar surface area (TPSA) is 120 Å². The lowest BCUT2D eigenvalue weighted by Crippen LogP contribution is -2.48. The zero-order valence-electron chi connectivity index (χ0n) is 17.9. The first kappa shape index (κ1) is 24.9. The maximum absolute atomic E-state index is 12.4. The van der Waals surface area contributed by atoms with Crippen LogP contribution in [0.2, 0.25) is 0 Å². The number of rotatable bonds is 10. The van der Waals surface area contributed by atoms with Gasteiger partial charge >= 0.3 is 18.0 Å². The number of esters is 2. The van der Waals surface area contributed by atoms with E-state index < -0.39 is 35.6 Å². The molecule has 0 aliphatic carbocycles. The summed E-state index contributed by atoms with van der Waals surface area (Å²) >= 11 is 0. The van der Waals surface area contributed by atoms with Crippen LogP contribution in [0.4, 0.5) is 4.79 Å². The second-order valence-electron chi connectivity index (χ2n) is 7.41. The summed E-state index contributed by atoms with van der Waals surface area (Å²) in [4.78, 5) is 48.0. The molecule has 0 fully saturated rings. The molecule has 1 aromatic rings. The molecule has 0 radical (unpaired) electrons. The molecule has 0 heterocycles. The summed E-state index contributed by atoms with van der Waals surface area (Å²) in [6, 6.07) is 7.95. The van der Waals surface area contributed by atoms with Crippen LogP contribution in [-0.2, 0) is 35.2 Å². The number of hydrogen-bond donors (Lipinski definition) is 2. The number of carbonyl (C=O) groups is 4. The van der Waals surface area contributed by atoms with Gasteiger partial charge in [-0.25, -0.2) is 4.79 Å². The first-order valence-corrected chi connectivity index (χ1v) is 9.73. The van der Waals surface area contributed by atoms with Crippen LogP contribution in [0.25, 0.3) is 0 Å². The molecule has 0 spiro atoms. The Morgan fingerprint density at radius 2 is 1.67 bits per heavy atom. The van der Waals surface area contributed by atoms with Crippen molar-refractivity contribution in [3.05, 3.63) is 35.9 Å². The Morgan fingerprint density at radius 1 is 1.00 bits per heavy atom. The number of ether oxygens (including phenoxy) is 3. The molecular formula is C21H30N2O7. The Labute approximate surface area is 176 Å². The van der Waals surface area contributed by atoms with Crippen LogP contribution in [0.3, 0.4) is 0 Å². The summed E-state index contributed by atoms with van der Waals surface area (Å²) < 4.78 is 15.1. The summed E-state index contributed by atoms with van der Waals surface area (Å²) in [5.41, 5.74) is 0.116. The lowest BCUT2D eigenvalue weighted by molar-refractivity contribution is -0.155. The van der Waals surface area contributed by atoms with Gasteiger partial charge in [0.15, 0.2) is 0 Å². The van der Waals surface area contributed by atoms with E-state index >= 15 is 0 Å². The summed E-state index contributed by atoms with van der Waals surface area (Å²) in [5.74, 6) is -1.75. The van der Waals surface area contributed by atoms with Crippen molar-refractivity contribution >= 4 is 23.9 Å². The van der Waals surface area contributed by atoms with Crippen molar-refractivity contribution in [1.82, 2.24) is 10.6 Å². The van der Waals surface area contributed by atoms with Crippen LogP contribution >= 0.6 is 0 Å². The van der Waals surface area contributed by atoms with Gasteiger partial charge in [0, 0.05) is 6.42 Å². The molecule has 0 unspecified atom stereocenters. The average molecular weight is 422 g/mol. The number of amides is 2. The molecule has 0 aromatic heterocycles. The fraction of sp³-hybridized carbons (Fsp3) is 0.524. The molecule has 9 nitrogen and oxygen atoms in total. The van der Waals surface area contributed by atoms with Crippen molar-refractivity contribution in [3.8, 4) is 0 Å². The van der Waals surface area contributed by atoms with Gasteiger partial charge in [0.25, 0.3) is 0 Å². The first-order valence-electron chi connectivity index (χ1n) is 9.73. The van der Waals surface area contributed by atoms with Crippen molar-refractivity contribution < 1.29 is 33.4 Å². The van der Waals surface area contributed by atoms with Gasteiger partial charge in [-0.1, -0.05) is 30.3 Å². The Balaban J connectivity index is 2.65. The molecule has 2 amide bonds. The second kappa shape index (κ2) is 12.5. The predicted molar refractivity (Wildman–Crippen MR) is 108 cm³/mol. The largest absolute Gasteiger partial charge is 0.465 e. The molecule has 1 aromatic carbocycles. The number of carbonyl (C=O) groups excluding carboxylic acids is 4. The molecule has 2 N–H and O–H groups in total. The Bertz CT molecular complexity index is 714. The van der Waals surface area contributed by atoms with Crippen molar-refractivity contribution in [1.29, 1.82) is 0 Å². The van der Waals surface area contributed by atoms with Gasteiger partial charge in [0.1, 0.15) is 24.8 Å². The Hall–Kier alpha value is -3.10. The normalized spacial score (nSPS) is 11.7. The minimum Gasteiger partial charge on any atom is -0.465 e. The van der Waals surface area contributed by atoms with Gasteiger partial charge in [0.2, 0.25) is 5.91 Å². The van der Waals surface area contributed by atoms with E-state index in [1.54, 1.807) is 39.8 Å². The molecule has 0 aliphatic heterocycles. The average Bonchev–Trinajstić information content (AvgIpc) is 2.67. The summed E-state index contributed by atoms with van der Waals surface area (Å²) in [5, 5.41) is 4.81. The van der Waals surface area contributed by atoms with Crippen LogP contribution in [0.5, 0.6) is 0 Å². The van der Waals surface area contributed by atoms with Gasteiger partial charge in [-0.2, -0.15) is 0 Å². The monoisotopic (exact) mass is 422 g/mol. The third-order valence-corrected chi connectivity index (χ3v) is 3.59. The molecule has 9 heteroatoms. The highest BCUT2D eigenvalue weighted by atomic mass is 16.6. The molecular weight excluding hydrogens is 392 g/mol. The quantitative estimate of drug-likeness (QED) is 0.437. The third-order valence-electron chi connectivity index (χ3n) is 3.59. The number of alkyl carbamates (subject to hydrolysis) is 1. The third kappa shape index (κ3) is 11.0. The van der Waals surface area contributed by atoms with E-state index in [9.17, 15) is 19.2 Å². The van der Waals surface area contributed by atoms with E-state index in [2.05, 4.69) is 10.6 Å². The Kier molecular flexibility index (Phi) is 10.4. The molecule has 1 rings (SSSR count). The summed E-state index contributed by atoms with van der Waals surface area (Å²) in [6.45, 7) is 6.69. The van der Waals surface area contributed by atoms with Crippen molar-refractivity contribution in [2.45, 2.75) is 58.8 Å². The fourth-order valence-electron chi connectivity index (χ4n) is 2.33. The second-order valence-corrected chi connectivity index (χ2v) is 7.41. The lowest BCUT2D eigenvalue weighted by Gasteiger charge is -2.21. The van der Waals surface area contributed by atoms with Crippen molar-refractivity contribution in [3.63, 3.8) is 0 Å². The van der Waals surface area contributed by atoms with Gasteiger partial charge in [-0.05, 0) is 39.7 Å². The summed E-state index contributed by atoms with van der Waals surface area (Å²) in [6.07, 6.45) is -0.947. The minimum absolute atomic E-state index is 0.0237. The van der Waals surface area contributed by atoms with Crippen LogP contribution in [-0.4, -0.2) is 48.7 Å². The number of hydrogen-bond acceptors (Lipinski definition) is 7. The van der Waals surface area contributed by atoms with Gasteiger partial charge in [0.05, 0.1) is 6.61 Å². The van der Waals surface area contributed by atoms with E-state index in [1.807, 2.05) is 18.2 Å². The maximum Gasteiger partial charge on any atom is 0.408 e. The SMILES string of the molecule is CCOC(=O)CNC(=O)[C@H](CCC(=O)OC(C)(C)C)NC(=O)OCc1ccccc1. The van der Waals surface area contributed by atoms with E-state index in [1.165, 1.54) is 0 Å². The van der Waals surface area contributed by atoms with E-state index in [-0.39, 0.29) is 32.6 Å². The highest BCUT2D eigenvalue weighted by Gasteiger charge is 2.25. The highest BCUT2D eigenvalue weighted by molar-refractivity contribution is 5.88.